The number of carbonyl (C=O) groups is 1. The molecule has 1 aliphatic rings. The van der Waals surface area contributed by atoms with E-state index in [4.69, 9.17) is 21.7 Å². The quantitative estimate of drug-likeness (QED) is 0.158. The molecular formula is C26H22BrNO3S3. The van der Waals surface area contributed by atoms with Gasteiger partial charge in [0.2, 0.25) is 0 Å². The zero-order valence-electron chi connectivity index (χ0n) is 18.6. The Morgan fingerprint density at radius 1 is 1.09 bits per heavy atom. The number of hydrogen-bond donors (Lipinski definition) is 0. The normalized spacial score (nSPS) is 14.7. The summed E-state index contributed by atoms with van der Waals surface area (Å²) in [5.74, 6) is 1.11. The molecule has 1 amide bonds. The van der Waals surface area contributed by atoms with Gasteiger partial charge in [0.1, 0.15) is 6.61 Å². The van der Waals surface area contributed by atoms with Crippen LogP contribution >= 0.6 is 51.7 Å². The van der Waals surface area contributed by atoms with Crippen molar-refractivity contribution in [3.8, 4) is 11.5 Å². The molecule has 1 heterocycles. The maximum Gasteiger partial charge on any atom is 0.270 e. The largest absolute Gasteiger partial charge is 0.490 e. The van der Waals surface area contributed by atoms with Crippen molar-refractivity contribution in [2.24, 2.45) is 0 Å². The molecule has 1 aliphatic heterocycles. The molecule has 1 saturated heterocycles. The molecule has 0 aromatic heterocycles. The number of benzene rings is 3. The van der Waals surface area contributed by atoms with Gasteiger partial charge in [-0.1, -0.05) is 60.4 Å². The lowest BCUT2D eigenvalue weighted by Gasteiger charge is -2.15. The molecule has 0 radical (unpaired) electrons. The zero-order valence-corrected chi connectivity index (χ0v) is 22.7. The minimum absolute atomic E-state index is 0.133. The Bertz CT molecular complexity index is 1250. The third-order valence-electron chi connectivity index (χ3n) is 4.96. The van der Waals surface area contributed by atoms with Crippen molar-refractivity contribution in [1.82, 2.24) is 0 Å². The molecule has 8 heteroatoms. The molecule has 0 N–H and O–H groups in total. The fourth-order valence-corrected chi connectivity index (χ4v) is 5.72. The van der Waals surface area contributed by atoms with Crippen molar-refractivity contribution in [2.45, 2.75) is 18.4 Å². The lowest BCUT2D eigenvalue weighted by Crippen LogP contribution is -2.27. The van der Waals surface area contributed by atoms with E-state index < -0.39 is 0 Å². The van der Waals surface area contributed by atoms with Crippen molar-refractivity contribution in [3.63, 3.8) is 0 Å². The second-order valence-electron chi connectivity index (χ2n) is 7.26. The Balaban J connectivity index is 1.60. The van der Waals surface area contributed by atoms with Gasteiger partial charge in [-0.05, 0) is 76.6 Å². The van der Waals surface area contributed by atoms with E-state index in [9.17, 15) is 4.79 Å². The van der Waals surface area contributed by atoms with E-state index in [1.807, 2.05) is 86.0 Å². The number of thiocarbonyl (C=S) groups is 1. The van der Waals surface area contributed by atoms with Crippen LogP contribution in [0.15, 0.2) is 81.0 Å². The zero-order chi connectivity index (χ0) is 24.1. The van der Waals surface area contributed by atoms with Gasteiger partial charge in [0, 0.05) is 4.90 Å². The van der Waals surface area contributed by atoms with E-state index in [1.165, 1.54) is 11.8 Å². The fourth-order valence-electron chi connectivity index (χ4n) is 3.40. The van der Waals surface area contributed by atoms with Crippen molar-refractivity contribution in [1.29, 1.82) is 0 Å². The molecule has 0 atom stereocenters. The van der Waals surface area contributed by atoms with E-state index in [-0.39, 0.29) is 5.91 Å². The SMILES string of the molecule is CCOc1cc(/C=C2/SC(=S)N(c3cccc(SC)c3)C2=O)cc(Br)c1OCc1ccccc1. The average Bonchev–Trinajstić information content (AvgIpc) is 3.12. The monoisotopic (exact) mass is 571 g/mol. The van der Waals surface area contributed by atoms with Crippen molar-refractivity contribution >= 4 is 73.7 Å². The van der Waals surface area contributed by atoms with Crippen LogP contribution in [0.5, 0.6) is 11.5 Å². The fraction of sp³-hybridized carbons (Fsp3) is 0.154. The maximum atomic E-state index is 13.2. The number of rotatable bonds is 8. The Kier molecular flexibility index (Phi) is 8.37. The number of nitrogens with zero attached hydrogens (tertiary/aromatic N) is 1. The molecule has 0 unspecified atom stereocenters. The standard InChI is InChI=1S/C26H22BrNO3S3/c1-3-30-22-13-18(12-21(27)24(22)31-16-17-8-5-4-6-9-17)14-23-25(29)28(26(32)34-23)19-10-7-11-20(15-19)33-2/h4-15H,3,16H2,1-2H3/b23-14+. The summed E-state index contributed by atoms with van der Waals surface area (Å²) in [6.45, 7) is 2.84. The summed E-state index contributed by atoms with van der Waals surface area (Å²) in [7, 11) is 0. The van der Waals surface area contributed by atoms with Gasteiger partial charge in [0.25, 0.3) is 5.91 Å². The van der Waals surface area contributed by atoms with E-state index in [2.05, 4.69) is 15.9 Å². The second-order valence-corrected chi connectivity index (χ2v) is 10.7. The highest BCUT2D eigenvalue weighted by Gasteiger charge is 2.33. The summed E-state index contributed by atoms with van der Waals surface area (Å²) in [4.78, 5) is 16.4. The molecule has 0 spiro atoms. The van der Waals surface area contributed by atoms with E-state index in [0.29, 0.717) is 33.9 Å². The van der Waals surface area contributed by atoms with Crippen molar-refractivity contribution < 1.29 is 14.3 Å². The third-order valence-corrected chi connectivity index (χ3v) is 7.58. The first-order valence-corrected chi connectivity index (χ1v) is 13.8. The van der Waals surface area contributed by atoms with Gasteiger partial charge in [-0.2, -0.15) is 0 Å². The summed E-state index contributed by atoms with van der Waals surface area (Å²) in [5.41, 5.74) is 2.66. The van der Waals surface area contributed by atoms with Crippen molar-refractivity contribution in [3.05, 3.63) is 87.2 Å². The molecule has 174 valence electrons. The van der Waals surface area contributed by atoms with Gasteiger partial charge < -0.3 is 9.47 Å². The molecule has 34 heavy (non-hydrogen) atoms. The number of halogens is 1. The molecule has 4 nitrogen and oxygen atoms in total. The first-order chi connectivity index (χ1) is 16.5. The second kappa shape index (κ2) is 11.4. The van der Waals surface area contributed by atoms with Gasteiger partial charge in [-0.15, -0.1) is 11.8 Å². The molecule has 1 fully saturated rings. The minimum atomic E-state index is -0.133. The van der Waals surface area contributed by atoms with Crippen LogP contribution < -0.4 is 14.4 Å². The van der Waals surface area contributed by atoms with E-state index in [1.54, 1.807) is 16.7 Å². The van der Waals surface area contributed by atoms with Crippen LogP contribution in [-0.2, 0) is 11.4 Å². The Morgan fingerprint density at radius 3 is 2.62 bits per heavy atom. The third kappa shape index (κ3) is 5.68. The number of ether oxygens (including phenoxy) is 2. The van der Waals surface area contributed by atoms with E-state index >= 15 is 0 Å². The molecular weight excluding hydrogens is 550 g/mol. The van der Waals surface area contributed by atoms with Crippen LogP contribution in [0.4, 0.5) is 5.69 Å². The highest BCUT2D eigenvalue weighted by atomic mass is 79.9. The van der Waals surface area contributed by atoms with E-state index in [0.717, 1.165) is 26.2 Å². The molecule has 3 aromatic carbocycles. The Morgan fingerprint density at radius 2 is 1.88 bits per heavy atom. The number of hydrogen-bond acceptors (Lipinski definition) is 6. The first kappa shape index (κ1) is 24.9. The summed E-state index contributed by atoms with van der Waals surface area (Å²) in [6.07, 6.45) is 3.84. The summed E-state index contributed by atoms with van der Waals surface area (Å²) in [5, 5.41) is 0. The highest BCUT2D eigenvalue weighted by Crippen LogP contribution is 2.41. The smallest absolute Gasteiger partial charge is 0.270 e. The van der Waals surface area contributed by atoms with Gasteiger partial charge in [-0.25, -0.2) is 0 Å². The molecule has 4 rings (SSSR count). The molecule has 0 aliphatic carbocycles. The Labute approximate surface area is 221 Å². The molecule has 0 bridgehead atoms. The van der Waals surface area contributed by atoms with Crippen LogP contribution in [0.2, 0.25) is 0 Å². The predicted molar refractivity (Wildman–Crippen MR) is 150 cm³/mol. The summed E-state index contributed by atoms with van der Waals surface area (Å²) < 4.78 is 13.2. The number of thioether (sulfide) groups is 2. The van der Waals surface area contributed by atoms with Crippen LogP contribution in [0.25, 0.3) is 6.08 Å². The van der Waals surface area contributed by atoms with Crippen LogP contribution in [0, 0.1) is 0 Å². The topological polar surface area (TPSA) is 38.8 Å². The molecule has 0 saturated carbocycles. The maximum absolute atomic E-state index is 13.2. The number of anilines is 1. The van der Waals surface area contributed by atoms with Gasteiger partial charge in [0.15, 0.2) is 15.8 Å². The van der Waals surface area contributed by atoms with Gasteiger partial charge >= 0.3 is 0 Å². The van der Waals surface area contributed by atoms with Crippen LogP contribution in [0.3, 0.4) is 0 Å². The average molecular weight is 573 g/mol. The van der Waals surface area contributed by atoms with Crippen LogP contribution in [0.1, 0.15) is 18.1 Å². The molecule has 3 aromatic rings. The Hall–Kier alpha value is -2.26. The minimum Gasteiger partial charge on any atom is -0.490 e. The lowest BCUT2D eigenvalue weighted by molar-refractivity contribution is -0.113. The van der Waals surface area contributed by atoms with Gasteiger partial charge in [-0.3, -0.25) is 9.69 Å². The van der Waals surface area contributed by atoms with Crippen molar-refractivity contribution in [2.75, 3.05) is 17.8 Å². The first-order valence-electron chi connectivity index (χ1n) is 10.5. The number of carbonyl (C=O) groups excluding carboxylic acids is 1. The van der Waals surface area contributed by atoms with Gasteiger partial charge in [0.05, 0.1) is 21.7 Å². The lowest BCUT2D eigenvalue weighted by atomic mass is 10.1. The van der Waals surface area contributed by atoms with Crippen LogP contribution in [-0.4, -0.2) is 23.1 Å². The predicted octanol–water partition coefficient (Wildman–Crippen LogP) is 7.55. The number of amides is 1. The summed E-state index contributed by atoms with van der Waals surface area (Å²) in [6, 6.07) is 21.6. The highest BCUT2D eigenvalue weighted by molar-refractivity contribution is 9.10. The summed E-state index contributed by atoms with van der Waals surface area (Å²) >= 11 is 12.1.